The summed E-state index contributed by atoms with van der Waals surface area (Å²) in [5.41, 5.74) is 4.54. The molecule has 42 heavy (non-hydrogen) atoms. The quantitative estimate of drug-likeness (QED) is 0.269. The number of aromatic hydroxyl groups is 1. The van der Waals surface area contributed by atoms with Crippen molar-refractivity contribution in [2.24, 2.45) is 0 Å². The largest absolute Gasteiger partial charge is 0.507 e. The van der Waals surface area contributed by atoms with E-state index in [4.69, 9.17) is 24.4 Å². The lowest BCUT2D eigenvalue weighted by Crippen LogP contribution is -2.24. The van der Waals surface area contributed by atoms with Crippen molar-refractivity contribution >= 4 is 17.3 Å². The van der Waals surface area contributed by atoms with Crippen molar-refractivity contribution in [3.05, 3.63) is 66.7 Å². The van der Waals surface area contributed by atoms with Crippen molar-refractivity contribution in [3.63, 3.8) is 0 Å². The molecule has 216 valence electrons. The van der Waals surface area contributed by atoms with Gasteiger partial charge >= 0.3 is 5.97 Å². The van der Waals surface area contributed by atoms with Gasteiger partial charge in [0.05, 0.1) is 12.7 Å². The Morgan fingerprint density at radius 1 is 0.738 bits per heavy atom. The predicted molar refractivity (Wildman–Crippen MR) is 163 cm³/mol. The van der Waals surface area contributed by atoms with Gasteiger partial charge < -0.3 is 24.4 Å². The molecule has 0 radical (unpaired) electrons. The summed E-state index contributed by atoms with van der Waals surface area (Å²) in [6.45, 7) is 5.88. The van der Waals surface area contributed by atoms with Crippen molar-refractivity contribution in [3.8, 4) is 45.7 Å². The summed E-state index contributed by atoms with van der Waals surface area (Å²) < 4.78 is 10.4. The van der Waals surface area contributed by atoms with Crippen molar-refractivity contribution in [2.45, 2.75) is 38.7 Å². The number of benzene rings is 3. The minimum Gasteiger partial charge on any atom is -0.507 e. The van der Waals surface area contributed by atoms with E-state index in [-0.39, 0.29) is 5.75 Å². The molecule has 2 aliphatic heterocycles. The number of hydrogen-bond acceptors (Lipinski definition) is 9. The summed E-state index contributed by atoms with van der Waals surface area (Å²) in [5.74, 6) is 1.14. The average Bonchev–Trinajstić information content (AvgIpc) is 3.76. The number of carbonyl (C=O) groups excluding carboxylic acids is 1. The Morgan fingerprint density at radius 2 is 1.21 bits per heavy atom. The average molecular weight is 566 g/mol. The number of carbonyl (C=O) groups is 1. The van der Waals surface area contributed by atoms with E-state index in [9.17, 15) is 9.90 Å². The van der Waals surface area contributed by atoms with E-state index in [1.165, 1.54) is 50.2 Å². The van der Waals surface area contributed by atoms with Gasteiger partial charge in [-0.25, -0.2) is 19.7 Å². The maximum Gasteiger partial charge on any atom is 0.346 e. The number of methoxy groups -OCH3 is 1. The lowest BCUT2D eigenvalue weighted by molar-refractivity contribution is -0.147. The Labute approximate surface area is 245 Å². The molecule has 0 amide bonds. The molecule has 6 rings (SSSR count). The molecule has 3 aromatic carbocycles. The van der Waals surface area contributed by atoms with Crippen LogP contribution in [-0.4, -0.2) is 65.4 Å². The smallest absolute Gasteiger partial charge is 0.346 e. The summed E-state index contributed by atoms with van der Waals surface area (Å²) in [5, 5.41) is 11.0. The number of nitrogens with zero attached hydrogens (tertiary/aromatic N) is 5. The highest BCUT2D eigenvalue weighted by Gasteiger charge is 2.19. The van der Waals surface area contributed by atoms with Gasteiger partial charge in [-0.1, -0.05) is 0 Å². The fraction of sp³-hybridized carbons (Fsp3) is 0.333. The van der Waals surface area contributed by atoms with Crippen LogP contribution in [0.2, 0.25) is 0 Å². The molecule has 2 fully saturated rings. The van der Waals surface area contributed by atoms with Crippen LogP contribution >= 0.6 is 0 Å². The topological polar surface area (TPSA) is 101 Å². The number of anilines is 2. The second-order valence-electron chi connectivity index (χ2n) is 10.8. The second kappa shape index (κ2) is 12.1. The van der Waals surface area contributed by atoms with E-state index < -0.39 is 12.1 Å². The first-order valence-corrected chi connectivity index (χ1v) is 14.5. The number of rotatable bonds is 8. The molecule has 0 saturated carbocycles. The van der Waals surface area contributed by atoms with E-state index >= 15 is 0 Å². The second-order valence-corrected chi connectivity index (χ2v) is 10.8. The standard InChI is InChI=1S/C33H35N5O4/c1-22(33(40)41-2)42-27-15-16-28(29(39)21-27)32-35-30(23-7-11-25(12-8-23)37-17-3-4-18-37)34-31(36-32)24-9-13-26(14-10-24)38-19-5-6-20-38/h7-16,21-22,39H,3-6,17-20H2,1-2H3. The number of esters is 1. The minimum absolute atomic E-state index is 0.0681. The molecule has 4 aromatic rings. The van der Waals surface area contributed by atoms with Gasteiger partial charge in [-0.2, -0.15) is 0 Å². The third-order valence-electron chi connectivity index (χ3n) is 7.88. The lowest BCUT2D eigenvalue weighted by atomic mass is 10.1. The van der Waals surface area contributed by atoms with Gasteiger partial charge in [0, 0.05) is 54.7 Å². The normalized spacial score (nSPS) is 15.6. The summed E-state index contributed by atoms with van der Waals surface area (Å²) in [4.78, 5) is 31.0. The molecule has 9 nitrogen and oxygen atoms in total. The van der Waals surface area contributed by atoms with Crippen molar-refractivity contribution in [2.75, 3.05) is 43.1 Å². The zero-order valence-electron chi connectivity index (χ0n) is 24.0. The molecule has 9 heteroatoms. The molecule has 0 aliphatic carbocycles. The van der Waals surface area contributed by atoms with E-state index in [1.807, 2.05) is 24.3 Å². The summed E-state index contributed by atoms with van der Waals surface area (Å²) in [6.07, 6.45) is 4.05. The highest BCUT2D eigenvalue weighted by atomic mass is 16.6. The van der Waals surface area contributed by atoms with Crippen molar-refractivity contribution in [1.82, 2.24) is 15.0 Å². The first-order chi connectivity index (χ1) is 20.5. The highest BCUT2D eigenvalue weighted by Crippen LogP contribution is 2.34. The van der Waals surface area contributed by atoms with Gasteiger partial charge in [-0.15, -0.1) is 0 Å². The van der Waals surface area contributed by atoms with Gasteiger partial charge in [-0.3, -0.25) is 0 Å². The van der Waals surface area contributed by atoms with Crippen LogP contribution in [0, 0.1) is 0 Å². The van der Waals surface area contributed by atoms with Crippen LogP contribution < -0.4 is 14.5 Å². The molecule has 0 spiro atoms. The molecular formula is C33H35N5O4. The lowest BCUT2D eigenvalue weighted by Gasteiger charge is -2.18. The van der Waals surface area contributed by atoms with Gasteiger partial charge in [-0.05, 0) is 93.3 Å². The summed E-state index contributed by atoms with van der Waals surface area (Å²) in [6, 6.07) is 21.4. The van der Waals surface area contributed by atoms with Crippen LogP contribution in [0.4, 0.5) is 11.4 Å². The molecule has 2 aliphatic rings. The van der Waals surface area contributed by atoms with E-state index in [0.29, 0.717) is 28.8 Å². The van der Waals surface area contributed by atoms with Gasteiger partial charge in [0.1, 0.15) is 11.5 Å². The fourth-order valence-electron chi connectivity index (χ4n) is 5.54. The van der Waals surface area contributed by atoms with E-state index in [1.54, 1.807) is 19.1 Å². The Kier molecular flexibility index (Phi) is 7.90. The molecular weight excluding hydrogens is 530 g/mol. The maximum absolute atomic E-state index is 11.8. The Bertz CT molecular complexity index is 1470. The number of hydrogen-bond donors (Lipinski definition) is 1. The Hall–Kier alpha value is -4.66. The zero-order valence-corrected chi connectivity index (χ0v) is 24.0. The zero-order chi connectivity index (χ0) is 29.1. The minimum atomic E-state index is -0.817. The van der Waals surface area contributed by atoms with Crippen LogP contribution in [-0.2, 0) is 9.53 Å². The van der Waals surface area contributed by atoms with Crippen LogP contribution in [0.5, 0.6) is 11.5 Å². The third-order valence-corrected chi connectivity index (χ3v) is 7.88. The molecule has 1 unspecified atom stereocenters. The molecule has 1 N–H and O–H groups in total. The molecule has 1 atom stereocenters. The molecule has 1 aromatic heterocycles. The van der Waals surface area contributed by atoms with Crippen molar-refractivity contribution < 1.29 is 19.4 Å². The first-order valence-electron chi connectivity index (χ1n) is 14.5. The molecule has 0 bridgehead atoms. The highest BCUT2D eigenvalue weighted by molar-refractivity contribution is 5.75. The Morgan fingerprint density at radius 3 is 1.67 bits per heavy atom. The van der Waals surface area contributed by atoms with Crippen LogP contribution in [0.1, 0.15) is 32.6 Å². The summed E-state index contributed by atoms with van der Waals surface area (Å²) in [7, 11) is 1.30. The first kappa shape index (κ1) is 27.5. The summed E-state index contributed by atoms with van der Waals surface area (Å²) >= 11 is 0. The van der Waals surface area contributed by atoms with E-state index in [2.05, 4.69) is 34.1 Å². The SMILES string of the molecule is COC(=O)C(C)Oc1ccc(-c2nc(-c3ccc(N4CCCC4)cc3)nc(-c3ccc(N4CCCC4)cc3)n2)c(O)c1. The van der Waals surface area contributed by atoms with Crippen LogP contribution in [0.3, 0.4) is 0 Å². The predicted octanol–water partition coefficient (Wildman–Crippen LogP) is 5.72. The number of aromatic nitrogens is 3. The third kappa shape index (κ3) is 5.86. The van der Waals surface area contributed by atoms with Crippen LogP contribution in [0.15, 0.2) is 66.7 Å². The number of ether oxygens (including phenoxy) is 2. The number of phenols is 1. The van der Waals surface area contributed by atoms with Crippen molar-refractivity contribution in [1.29, 1.82) is 0 Å². The van der Waals surface area contributed by atoms with E-state index in [0.717, 1.165) is 37.3 Å². The monoisotopic (exact) mass is 565 g/mol. The van der Waals surface area contributed by atoms with Crippen LogP contribution in [0.25, 0.3) is 34.2 Å². The van der Waals surface area contributed by atoms with Gasteiger partial charge in [0.2, 0.25) is 0 Å². The Balaban J connectivity index is 1.36. The van der Waals surface area contributed by atoms with Gasteiger partial charge in [0.25, 0.3) is 0 Å². The fourth-order valence-corrected chi connectivity index (χ4v) is 5.54. The molecule has 2 saturated heterocycles. The van der Waals surface area contributed by atoms with Gasteiger partial charge in [0.15, 0.2) is 23.6 Å². The molecule has 3 heterocycles. The maximum atomic E-state index is 11.8. The number of phenolic OH excluding ortho intramolecular Hbond substituents is 1.